The highest BCUT2D eigenvalue weighted by Crippen LogP contribution is 2.27. The maximum Gasteiger partial charge on any atom is 0.387 e. The summed E-state index contributed by atoms with van der Waals surface area (Å²) in [5.41, 5.74) is 6.43. The average molecular weight is 457 g/mol. The lowest BCUT2D eigenvalue weighted by atomic mass is 10.2. The molecule has 24 heavy (non-hydrogen) atoms. The fourth-order valence-corrected chi connectivity index (χ4v) is 1.99. The molecule has 0 saturated heterocycles. The van der Waals surface area contributed by atoms with Gasteiger partial charge in [0.15, 0.2) is 5.96 Å². The quantitative estimate of drug-likeness (QED) is 0.348. The zero-order valence-electron chi connectivity index (χ0n) is 14.3. The molecule has 0 fully saturated rings. The lowest BCUT2D eigenvalue weighted by Crippen LogP contribution is -2.37. The Kier molecular flexibility index (Phi) is 11.4. The summed E-state index contributed by atoms with van der Waals surface area (Å²) in [7, 11) is 0. The van der Waals surface area contributed by atoms with Crippen LogP contribution in [0.1, 0.15) is 32.8 Å². The third-order valence-electron chi connectivity index (χ3n) is 3.23. The van der Waals surface area contributed by atoms with E-state index in [9.17, 15) is 8.78 Å². The summed E-state index contributed by atoms with van der Waals surface area (Å²) < 4.78 is 35.2. The van der Waals surface area contributed by atoms with Crippen molar-refractivity contribution in [1.29, 1.82) is 0 Å². The van der Waals surface area contributed by atoms with Crippen LogP contribution in [0.25, 0.3) is 0 Å². The number of ether oxygens (including phenoxy) is 2. The number of nitrogens with two attached hydrogens (primary N) is 1. The Morgan fingerprint density at radius 1 is 1.25 bits per heavy atom. The average Bonchev–Trinajstić information content (AvgIpc) is 2.52. The number of guanidine groups is 1. The third-order valence-corrected chi connectivity index (χ3v) is 3.23. The molecule has 0 aliphatic heterocycles. The number of alkyl halides is 2. The molecule has 0 spiro atoms. The van der Waals surface area contributed by atoms with Crippen LogP contribution in [-0.2, 0) is 6.54 Å². The number of aliphatic imine (C=N–C) groups is 1. The maximum absolute atomic E-state index is 12.6. The van der Waals surface area contributed by atoms with Gasteiger partial charge >= 0.3 is 6.61 Å². The fourth-order valence-electron chi connectivity index (χ4n) is 1.99. The van der Waals surface area contributed by atoms with E-state index in [-0.39, 0.29) is 36.3 Å². The van der Waals surface area contributed by atoms with Crippen molar-refractivity contribution in [2.75, 3.05) is 19.7 Å². The first-order valence-electron chi connectivity index (χ1n) is 7.77. The molecule has 0 amide bonds. The molecular weight excluding hydrogens is 431 g/mol. The predicted molar refractivity (Wildman–Crippen MR) is 103 cm³/mol. The molecule has 0 atom stereocenters. The van der Waals surface area contributed by atoms with Crippen molar-refractivity contribution in [1.82, 2.24) is 4.90 Å². The van der Waals surface area contributed by atoms with Gasteiger partial charge in [0.1, 0.15) is 11.5 Å². The van der Waals surface area contributed by atoms with Crippen LogP contribution in [-0.4, -0.2) is 37.2 Å². The lowest BCUT2D eigenvalue weighted by molar-refractivity contribution is -0.0505. The van der Waals surface area contributed by atoms with Crippen LogP contribution in [0.5, 0.6) is 11.5 Å². The van der Waals surface area contributed by atoms with Crippen LogP contribution in [0.4, 0.5) is 8.78 Å². The minimum Gasteiger partial charge on any atom is -0.493 e. The smallest absolute Gasteiger partial charge is 0.387 e. The van der Waals surface area contributed by atoms with E-state index in [1.165, 1.54) is 6.07 Å². The van der Waals surface area contributed by atoms with Crippen LogP contribution < -0.4 is 15.2 Å². The second-order valence-electron chi connectivity index (χ2n) is 4.84. The normalized spacial score (nSPS) is 11.2. The Hall–Kier alpha value is -1.32. The zero-order valence-corrected chi connectivity index (χ0v) is 16.6. The number of hydrogen-bond acceptors (Lipinski definition) is 3. The summed E-state index contributed by atoms with van der Waals surface area (Å²) in [5, 5.41) is 0. The standard InChI is InChI=1S/C16H25F2N3O2.HI/c1-4-9-22-13-8-7-12(14(10-13)23-15(17)18)11-20-16(19)21(5-2)6-3;/h7-8,10,15H,4-6,9,11H2,1-3H3,(H2,19,20);1H. The van der Waals surface area contributed by atoms with Crippen molar-refractivity contribution in [3.8, 4) is 11.5 Å². The Morgan fingerprint density at radius 3 is 2.46 bits per heavy atom. The van der Waals surface area contributed by atoms with Crippen molar-refractivity contribution >= 4 is 29.9 Å². The molecule has 0 aromatic heterocycles. The molecule has 8 heteroatoms. The minimum absolute atomic E-state index is 0. The zero-order chi connectivity index (χ0) is 17.2. The molecule has 2 N–H and O–H groups in total. The molecule has 0 aliphatic carbocycles. The van der Waals surface area contributed by atoms with Crippen LogP contribution in [0.3, 0.4) is 0 Å². The molecular formula is C16H26F2IN3O2. The van der Waals surface area contributed by atoms with Gasteiger partial charge in [0.25, 0.3) is 0 Å². The van der Waals surface area contributed by atoms with Gasteiger partial charge in [0, 0.05) is 24.7 Å². The van der Waals surface area contributed by atoms with E-state index >= 15 is 0 Å². The molecule has 0 heterocycles. The maximum atomic E-state index is 12.6. The van der Waals surface area contributed by atoms with Gasteiger partial charge in [0.2, 0.25) is 0 Å². The first-order chi connectivity index (χ1) is 11.0. The molecule has 0 bridgehead atoms. The Labute approximate surface area is 159 Å². The molecule has 1 aromatic carbocycles. The molecule has 1 aromatic rings. The van der Waals surface area contributed by atoms with Crippen molar-refractivity contribution in [3.05, 3.63) is 23.8 Å². The van der Waals surface area contributed by atoms with Gasteiger partial charge in [-0.05, 0) is 32.4 Å². The van der Waals surface area contributed by atoms with Crippen molar-refractivity contribution in [2.24, 2.45) is 10.7 Å². The summed E-state index contributed by atoms with van der Waals surface area (Å²) in [5.74, 6) is 0.931. The van der Waals surface area contributed by atoms with E-state index in [2.05, 4.69) is 9.73 Å². The Bertz CT molecular complexity index is 512. The number of nitrogens with zero attached hydrogens (tertiary/aromatic N) is 2. The summed E-state index contributed by atoms with van der Waals surface area (Å²) in [6.07, 6.45) is 0.831. The number of hydrogen-bond donors (Lipinski definition) is 1. The van der Waals surface area contributed by atoms with E-state index in [0.717, 1.165) is 19.5 Å². The fraction of sp³-hybridized carbons (Fsp3) is 0.562. The first kappa shape index (κ1) is 22.7. The van der Waals surface area contributed by atoms with Crippen molar-refractivity contribution in [3.63, 3.8) is 0 Å². The molecule has 138 valence electrons. The van der Waals surface area contributed by atoms with E-state index in [1.807, 2.05) is 25.7 Å². The van der Waals surface area contributed by atoms with Gasteiger partial charge in [-0.25, -0.2) is 4.99 Å². The molecule has 0 saturated carbocycles. The molecule has 1 rings (SSSR count). The molecule has 0 radical (unpaired) electrons. The van der Waals surface area contributed by atoms with Gasteiger partial charge in [-0.3, -0.25) is 0 Å². The molecule has 5 nitrogen and oxygen atoms in total. The minimum atomic E-state index is -2.90. The third kappa shape index (κ3) is 7.50. The summed E-state index contributed by atoms with van der Waals surface area (Å²) in [6.45, 7) is 5.15. The largest absolute Gasteiger partial charge is 0.493 e. The van der Waals surface area contributed by atoms with Crippen LogP contribution in [0, 0.1) is 0 Å². The Morgan fingerprint density at radius 2 is 1.92 bits per heavy atom. The highest BCUT2D eigenvalue weighted by Gasteiger charge is 2.12. The summed E-state index contributed by atoms with van der Waals surface area (Å²) in [6, 6.07) is 4.84. The first-order valence-corrected chi connectivity index (χ1v) is 7.77. The lowest BCUT2D eigenvalue weighted by Gasteiger charge is -2.19. The van der Waals surface area contributed by atoms with Crippen molar-refractivity contribution in [2.45, 2.75) is 40.3 Å². The van der Waals surface area contributed by atoms with Gasteiger partial charge in [0.05, 0.1) is 13.2 Å². The monoisotopic (exact) mass is 457 g/mol. The molecule has 0 unspecified atom stereocenters. The van der Waals surface area contributed by atoms with E-state index in [1.54, 1.807) is 12.1 Å². The van der Waals surface area contributed by atoms with E-state index in [4.69, 9.17) is 10.5 Å². The number of halogens is 3. The second kappa shape index (κ2) is 12.1. The number of rotatable bonds is 9. The Balaban J connectivity index is 0.00000529. The highest BCUT2D eigenvalue weighted by molar-refractivity contribution is 14.0. The van der Waals surface area contributed by atoms with Crippen LogP contribution in [0.2, 0.25) is 0 Å². The van der Waals surface area contributed by atoms with Gasteiger partial charge in [-0.15, -0.1) is 24.0 Å². The van der Waals surface area contributed by atoms with Gasteiger partial charge in [-0.2, -0.15) is 8.78 Å². The van der Waals surface area contributed by atoms with Crippen LogP contribution >= 0.6 is 24.0 Å². The van der Waals surface area contributed by atoms with Crippen LogP contribution in [0.15, 0.2) is 23.2 Å². The SMILES string of the molecule is CCCOc1ccc(CN=C(N)N(CC)CC)c(OC(F)F)c1.I. The van der Waals surface area contributed by atoms with E-state index < -0.39 is 6.61 Å². The van der Waals surface area contributed by atoms with Crippen molar-refractivity contribution < 1.29 is 18.3 Å². The predicted octanol–water partition coefficient (Wildman–Crippen LogP) is 3.85. The molecule has 0 aliphatic rings. The summed E-state index contributed by atoms with van der Waals surface area (Å²) >= 11 is 0. The topological polar surface area (TPSA) is 60.1 Å². The van der Waals surface area contributed by atoms with E-state index in [0.29, 0.717) is 23.9 Å². The summed E-state index contributed by atoms with van der Waals surface area (Å²) in [4.78, 5) is 6.13. The second-order valence-corrected chi connectivity index (χ2v) is 4.84. The number of benzene rings is 1. The van der Waals surface area contributed by atoms with Gasteiger partial charge in [-0.1, -0.05) is 6.92 Å². The highest BCUT2D eigenvalue weighted by atomic mass is 127. The van der Waals surface area contributed by atoms with Gasteiger partial charge < -0.3 is 20.1 Å².